The smallest absolute Gasteiger partial charge is 0.191 e. The third-order valence-electron chi connectivity index (χ3n) is 4.57. The summed E-state index contributed by atoms with van der Waals surface area (Å²) in [5.41, 5.74) is 1.14. The summed E-state index contributed by atoms with van der Waals surface area (Å²) in [6.07, 6.45) is 5.04. The van der Waals surface area contributed by atoms with Gasteiger partial charge in [0.15, 0.2) is 17.5 Å². The van der Waals surface area contributed by atoms with Gasteiger partial charge in [-0.1, -0.05) is 13.0 Å². The van der Waals surface area contributed by atoms with Crippen LogP contribution in [0.2, 0.25) is 0 Å². The Labute approximate surface area is 169 Å². The zero-order valence-electron chi connectivity index (χ0n) is 15.8. The minimum Gasteiger partial charge on any atom is -0.493 e. The van der Waals surface area contributed by atoms with E-state index in [9.17, 15) is 0 Å². The van der Waals surface area contributed by atoms with Gasteiger partial charge in [0, 0.05) is 19.6 Å². The van der Waals surface area contributed by atoms with Crippen LogP contribution in [0.25, 0.3) is 0 Å². The molecule has 2 rings (SSSR count). The molecule has 0 heterocycles. The molecule has 0 aromatic heterocycles. The molecule has 1 saturated carbocycles. The SMILES string of the molecule is CCOc1cc(CNC(=NC)NC2CCC(C)CC2)ccc1OC.I. The second-order valence-electron chi connectivity index (χ2n) is 6.45. The normalized spacial score (nSPS) is 20.4. The lowest BCUT2D eigenvalue weighted by atomic mass is 9.87. The van der Waals surface area contributed by atoms with Crippen LogP contribution in [0.4, 0.5) is 0 Å². The molecule has 0 saturated heterocycles. The molecule has 1 fully saturated rings. The van der Waals surface area contributed by atoms with Gasteiger partial charge in [0.05, 0.1) is 13.7 Å². The zero-order chi connectivity index (χ0) is 17.4. The predicted molar refractivity (Wildman–Crippen MR) is 114 cm³/mol. The van der Waals surface area contributed by atoms with Gasteiger partial charge < -0.3 is 20.1 Å². The molecule has 0 spiro atoms. The molecule has 0 unspecified atom stereocenters. The lowest BCUT2D eigenvalue weighted by Crippen LogP contribution is -2.44. The van der Waals surface area contributed by atoms with Crippen LogP contribution in [0.15, 0.2) is 23.2 Å². The second kappa shape index (κ2) is 11.4. The van der Waals surface area contributed by atoms with E-state index in [-0.39, 0.29) is 24.0 Å². The topological polar surface area (TPSA) is 54.9 Å². The van der Waals surface area contributed by atoms with Gasteiger partial charge in [0.2, 0.25) is 0 Å². The first-order chi connectivity index (χ1) is 11.7. The Morgan fingerprint density at radius 1 is 1.20 bits per heavy atom. The van der Waals surface area contributed by atoms with Crippen molar-refractivity contribution in [3.05, 3.63) is 23.8 Å². The predicted octanol–water partition coefficient (Wildman–Crippen LogP) is 3.96. The molecular formula is C19H32IN3O2. The summed E-state index contributed by atoms with van der Waals surface area (Å²) >= 11 is 0. The van der Waals surface area contributed by atoms with Crippen LogP contribution in [0.3, 0.4) is 0 Å². The minimum absolute atomic E-state index is 0. The van der Waals surface area contributed by atoms with Crippen molar-refractivity contribution in [1.82, 2.24) is 10.6 Å². The van der Waals surface area contributed by atoms with Gasteiger partial charge in [0.1, 0.15) is 0 Å². The van der Waals surface area contributed by atoms with E-state index >= 15 is 0 Å². The van der Waals surface area contributed by atoms with Crippen LogP contribution < -0.4 is 20.1 Å². The van der Waals surface area contributed by atoms with E-state index in [1.165, 1.54) is 25.7 Å². The Balaban J connectivity index is 0.00000312. The average Bonchev–Trinajstić information content (AvgIpc) is 2.60. The highest BCUT2D eigenvalue weighted by atomic mass is 127. The summed E-state index contributed by atoms with van der Waals surface area (Å²) in [5.74, 6) is 3.26. The van der Waals surface area contributed by atoms with Crippen molar-refractivity contribution >= 4 is 29.9 Å². The molecule has 0 radical (unpaired) electrons. The third kappa shape index (κ3) is 6.92. The van der Waals surface area contributed by atoms with E-state index in [0.29, 0.717) is 19.2 Å². The lowest BCUT2D eigenvalue weighted by molar-refractivity contribution is 0.310. The summed E-state index contributed by atoms with van der Waals surface area (Å²) in [6, 6.07) is 6.54. The average molecular weight is 461 g/mol. The number of hydrogen-bond acceptors (Lipinski definition) is 3. The number of halogens is 1. The first-order valence-electron chi connectivity index (χ1n) is 8.93. The van der Waals surface area contributed by atoms with Crippen molar-refractivity contribution in [2.45, 2.75) is 52.1 Å². The zero-order valence-corrected chi connectivity index (χ0v) is 18.1. The van der Waals surface area contributed by atoms with Crippen LogP contribution in [0.5, 0.6) is 11.5 Å². The molecule has 142 valence electrons. The number of rotatable bonds is 6. The van der Waals surface area contributed by atoms with Crippen LogP contribution in [-0.2, 0) is 6.54 Å². The molecule has 2 N–H and O–H groups in total. The number of hydrogen-bond donors (Lipinski definition) is 2. The fourth-order valence-corrected chi connectivity index (χ4v) is 3.08. The maximum atomic E-state index is 5.63. The van der Waals surface area contributed by atoms with E-state index in [1.807, 2.05) is 32.2 Å². The fourth-order valence-electron chi connectivity index (χ4n) is 3.08. The van der Waals surface area contributed by atoms with E-state index < -0.39 is 0 Å². The van der Waals surface area contributed by atoms with E-state index in [2.05, 4.69) is 22.5 Å². The van der Waals surface area contributed by atoms with Gasteiger partial charge >= 0.3 is 0 Å². The number of ether oxygens (including phenoxy) is 2. The highest BCUT2D eigenvalue weighted by Gasteiger charge is 2.18. The third-order valence-corrected chi connectivity index (χ3v) is 4.57. The number of guanidine groups is 1. The molecule has 1 aromatic carbocycles. The number of aliphatic imine (C=N–C) groups is 1. The molecule has 0 bridgehead atoms. The molecular weight excluding hydrogens is 429 g/mol. The number of benzene rings is 1. The number of nitrogens with one attached hydrogen (secondary N) is 2. The molecule has 6 heteroatoms. The van der Waals surface area contributed by atoms with Gasteiger partial charge in [-0.05, 0) is 56.2 Å². The number of nitrogens with zero attached hydrogens (tertiary/aromatic N) is 1. The first kappa shape index (κ1) is 21.9. The fraction of sp³-hybridized carbons (Fsp3) is 0.632. The van der Waals surface area contributed by atoms with Crippen LogP contribution in [-0.4, -0.2) is 32.8 Å². The van der Waals surface area contributed by atoms with Crippen molar-refractivity contribution in [2.24, 2.45) is 10.9 Å². The van der Waals surface area contributed by atoms with Gasteiger partial charge in [0.25, 0.3) is 0 Å². The molecule has 0 atom stereocenters. The summed E-state index contributed by atoms with van der Waals surface area (Å²) in [6.45, 7) is 5.63. The summed E-state index contributed by atoms with van der Waals surface area (Å²) in [5, 5.41) is 6.94. The van der Waals surface area contributed by atoms with Gasteiger partial charge in [-0.2, -0.15) is 0 Å². The van der Waals surface area contributed by atoms with E-state index in [0.717, 1.165) is 28.9 Å². The maximum Gasteiger partial charge on any atom is 0.191 e. The van der Waals surface area contributed by atoms with E-state index in [4.69, 9.17) is 9.47 Å². The largest absolute Gasteiger partial charge is 0.493 e. The highest BCUT2D eigenvalue weighted by molar-refractivity contribution is 14.0. The minimum atomic E-state index is 0. The van der Waals surface area contributed by atoms with E-state index in [1.54, 1.807) is 7.11 Å². The van der Waals surface area contributed by atoms with Crippen molar-refractivity contribution in [2.75, 3.05) is 20.8 Å². The molecule has 25 heavy (non-hydrogen) atoms. The summed E-state index contributed by atoms with van der Waals surface area (Å²) in [7, 11) is 3.48. The Hall–Kier alpha value is -1.18. The van der Waals surface area contributed by atoms with Crippen LogP contribution >= 0.6 is 24.0 Å². The molecule has 1 aromatic rings. The quantitative estimate of drug-likeness (QED) is 0.383. The van der Waals surface area contributed by atoms with Gasteiger partial charge in [-0.15, -0.1) is 24.0 Å². The first-order valence-corrected chi connectivity index (χ1v) is 8.93. The van der Waals surface area contributed by atoms with Gasteiger partial charge in [-0.3, -0.25) is 4.99 Å². The lowest BCUT2D eigenvalue weighted by Gasteiger charge is -2.28. The number of methoxy groups -OCH3 is 1. The van der Waals surface area contributed by atoms with Crippen molar-refractivity contribution in [3.8, 4) is 11.5 Å². The monoisotopic (exact) mass is 461 g/mol. The molecule has 1 aliphatic rings. The van der Waals surface area contributed by atoms with Crippen LogP contribution in [0.1, 0.15) is 45.1 Å². The molecule has 5 nitrogen and oxygen atoms in total. The van der Waals surface area contributed by atoms with Crippen molar-refractivity contribution < 1.29 is 9.47 Å². The highest BCUT2D eigenvalue weighted by Crippen LogP contribution is 2.28. The molecule has 0 aliphatic heterocycles. The molecule has 0 amide bonds. The van der Waals surface area contributed by atoms with Crippen LogP contribution in [0, 0.1) is 5.92 Å². The standard InChI is InChI=1S/C19H31N3O2.HI/c1-5-24-18-12-15(8-11-17(18)23-4)13-21-19(20-3)22-16-9-6-14(2)7-10-16;/h8,11-12,14,16H,5-7,9-10,13H2,1-4H3,(H2,20,21,22);1H. The Morgan fingerprint density at radius 3 is 2.52 bits per heavy atom. The maximum absolute atomic E-state index is 5.63. The van der Waals surface area contributed by atoms with Crippen molar-refractivity contribution in [3.63, 3.8) is 0 Å². The Kier molecular flexibility index (Phi) is 10.0. The Morgan fingerprint density at radius 2 is 1.92 bits per heavy atom. The molecule has 1 aliphatic carbocycles. The summed E-state index contributed by atoms with van der Waals surface area (Å²) in [4.78, 5) is 4.35. The van der Waals surface area contributed by atoms with Crippen molar-refractivity contribution in [1.29, 1.82) is 0 Å². The summed E-state index contributed by atoms with van der Waals surface area (Å²) < 4.78 is 11.0. The second-order valence-corrected chi connectivity index (χ2v) is 6.45. The Bertz CT molecular complexity index is 543. The van der Waals surface area contributed by atoms with Gasteiger partial charge in [-0.25, -0.2) is 0 Å².